The Balaban J connectivity index is 2.45. The van der Waals surface area contributed by atoms with Gasteiger partial charge in [0.25, 0.3) is 0 Å². The van der Waals surface area contributed by atoms with Crippen molar-refractivity contribution in [1.29, 1.82) is 0 Å². The number of halogens is 1. The summed E-state index contributed by atoms with van der Waals surface area (Å²) in [6.45, 7) is 3.78. The lowest BCUT2D eigenvalue weighted by Crippen LogP contribution is -2.63. The van der Waals surface area contributed by atoms with Gasteiger partial charge in [0, 0.05) is 11.8 Å². The van der Waals surface area contributed by atoms with Crippen molar-refractivity contribution in [2.75, 3.05) is 12.0 Å². The largest absolute Gasteiger partial charge is 0.495 e. The quantitative estimate of drug-likeness (QED) is 0.903. The molecule has 0 spiro atoms. The van der Waals surface area contributed by atoms with Crippen LogP contribution in [0, 0.1) is 0 Å². The average molecular weight is 355 g/mol. The Morgan fingerprint density at radius 1 is 1.29 bits per heavy atom. The van der Waals surface area contributed by atoms with E-state index in [0.29, 0.717) is 24.3 Å². The molecule has 5 nitrogen and oxygen atoms in total. The van der Waals surface area contributed by atoms with E-state index in [9.17, 15) is 9.59 Å². The van der Waals surface area contributed by atoms with E-state index in [0.717, 1.165) is 4.47 Å². The Morgan fingerprint density at radius 2 is 2.00 bits per heavy atom. The highest BCUT2D eigenvalue weighted by atomic mass is 79.9. The van der Waals surface area contributed by atoms with Crippen LogP contribution in [-0.2, 0) is 9.59 Å². The van der Waals surface area contributed by atoms with Crippen LogP contribution in [-0.4, -0.2) is 31.0 Å². The number of methoxy groups -OCH3 is 1. The van der Waals surface area contributed by atoms with Crippen LogP contribution < -0.4 is 15.0 Å². The molecule has 2 amide bonds. The highest BCUT2D eigenvalue weighted by molar-refractivity contribution is 9.10. The van der Waals surface area contributed by atoms with E-state index in [1.54, 1.807) is 18.1 Å². The van der Waals surface area contributed by atoms with Gasteiger partial charge in [-0.15, -0.1) is 0 Å². The van der Waals surface area contributed by atoms with Crippen molar-refractivity contribution in [1.82, 2.24) is 5.32 Å². The molecule has 1 aliphatic heterocycles. The van der Waals surface area contributed by atoms with Gasteiger partial charge < -0.3 is 10.1 Å². The minimum absolute atomic E-state index is 0.0756. The van der Waals surface area contributed by atoms with Gasteiger partial charge >= 0.3 is 0 Å². The maximum absolute atomic E-state index is 12.6. The number of benzene rings is 1. The molecule has 1 aromatic carbocycles. The average Bonchev–Trinajstić information content (AvgIpc) is 2.49. The summed E-state index contributed by atoms with van der Waals surface area (Å²) in [5, 5.41) is 2.79. The zero-order valence-corrected chi connectivity index (χ0v) is 13.9. The molecule has 1 heterocycles. The molecular weight excluding hydrogens is 336 g/mol. The minimum Gasteiger partial charge on any atom is -0.495 e. The Kier molecular flexibility index (Phi) is 4.88. The van der Waals surface area contributed by atoms with Gasteiger partial charge in [0.2, 0.25) is 11.8 Å². The van der Waals surface area contributed by atoms with Gasteiger partial charge in [-0.1, -0.05) is 13.8 Å². The van der Waals surface area contributed by atoms with Crippen LogP contribution in [0.4, 0.5) is 5.69 Å². The standard InChI is InChI=1S/C15H19BrN2O3/c1-4-11-15(20)18(12(5-2)14(19)17-11)9-6-7-10(16)13(8-9)21-3/h6-8,11-12H,4-5H2,1-3H3,(H,17,19). The molecule has 0 aromatic heterocycles. The Labute approximate surface area is 132 Å². The topological polar surface area (TPSA) is 58.6 Å². The summed E-state index contributed by atoms with van der Waals surface area (Å²) in [6.07, 6.45) is 1.14. The number of hydrogen-bond donors (Lipinski definition) is 1. The van der Waals surface area contributed by atoms with E-state index >= 15 is 0 Å². The number of anilines is 1. The number of rotatable bonds is 4. The van der Waals surface area contributed by atoms with Crippen LogP contribution in [0.1, 0.15) is 26.7 Å². The van der Waals surface area contributed by atoms with Gasteiger partial charge in [-0.3, -0.25) is 14.5 Å². The number of ether oxygens (including phenoxy) is 1. The summed E-state index contributed by atoms with van der Waals surface area (Å²) in [5.41, 5.74) is 0.681. The summed E-state index contributed by atoms with van der Waals surface area (Å²) < 4.78 is 6.08. The first-order valence-corrected chi connectivity index (χ1v) is 7.79. The molecule has 0 bridgehead atoms. The molecule has 0 radical (unpaired) electrons. The molecule has 114 valence electrons. The molecule has 1 N–H and O–H groups in total. The number of nitrogens with zero attached hydrogens (tertiary/aromatic N) is 1. The Hall–Kier alpha value is -1.56. The van der Waals surface area contributed by atoms with Crippen molar-refractivity contribution in [3.63, 3.8) is 0 Å². The van der Waals surface area contributed by atoms with Crippen LogP contribution in [0.5, 0.6) is 5.75 Å². The second-order valence-electron chi connectivity index (χ2n) is 4.92. The molecule has 0 aliphatic carbocycles. The van der Waals surface area contributed by atoms with Crippen molar-refractivity contribution in [3.8, 4) is 5.75 Å². The van der Waals surface area contributed by atoms with E-state index in [1.807, 2.05) is 26.0 Å². The normalized spacial score (nSPS) is 22.2. The molecular formula is C15H19BrN2O3. The third-order valence-electron chi connectivity index (χ3n) is 3.67. The van der Waals surface area contributed by atoms with E-state index in [1.165, 1.54) is 0 Å². The smallest absolute Gasteiger partial charge is 0.250 e. The molecule has 1 fully saturated rings. The van der Waals surface area contributed by atoms with Crippen molar-refractivity contribution in [3.05, 3.63) is 22.7 Å². The minimum atomic E-state index is -0.480. The molecule has 6 heteroatoms. The van der Waals surface area contributed by atoms with Gasteiger partial charge in [-0.2, -0.15) is 0 Å². The third kappa shape index (κ3) is 2.90. The molecule has 2 atom stereocenters. The maximum Gasteiger partial charge on any atom is 0.250 e. The number of carbonyl (C=O) groups excluding carboxylic acids is 2. The number of hydrogen-bond acceptors (Lipinski definition) is 3. The fraction of sp³-hybridized carbons (Fsp3) is 0.467. The highest BCUT2D eigenvalue weighted by Crippen LogP contribution is 2.32. The molecule has 2 rings (SSSR count). The Bertz CT molecular complexity index is 562. The van der Waals surface area contributed by atoms with Gasteiger partial charge in [-0.05, 0) is 40.9 Å². The predicted molar refractivity (Wildman–Crippen MR) is 84.5 cm³/mol. The monoisotopic (exact) mass is 354 g/mol. The van der Waals surface area contributed by atoms with E-state index < -0.39 is 12.1 Å². The summed E-state index contributed by atoms with van der Waals surface area (Å²) in [6, 6.07) is 4.47. The number of nitrogens with one attached hydrogen (secondary N) is 1. The van der Waals surface area contributed by atoms with Crippen LogP contribution in [0.25, 0.3) is 0 Å². The van der Waals surface area contributed by atoms with Crippen LogP contribution in [0.15, 0.2) is 22.7 Å². The lowest BCUT2D eigenvalue weighted by molar-refractivity contribution is -0.134. The first-order valence-electron chi connectivity index (χ1n) is 7.00. The SMILES string of the molecule is CCC1NC(=O)C(CC)N(c2ccc(Br)c(OC)c2)C1=O. The number of amides is 2. The van der Waals surface area contributed by atoms with Crippen molar-refractivity contribution >= 4 is 33.4 Å². The summed E-state index contributed by atoms with van der Waals surface area (Å²) in [5.74, 6) is 0.452. The molecule has 2 unspecified atom stereocenters. The predicted octanol–water partition coefficient (Wildman–Crippen LogP) is 2.48. The molecule has 1 saturated heterocycles. The zero-order chi connectivity index (χ0) is 15.6. The fourth-order valence-corrected chi connectivity index (χ4v) is 2.93. The van der Waals surface area contributed by atoms with Gasteiger partial charge in [0.15, 0.2) is 0 Å². The second kappa shape index (κ2) is 6.47. The summed E-state index contributed by atoms with van der Waals surface area (Å²) in [4.78, 5) is 26.4. The highest BCUT2D eigenvalue weighted by Gasteiger charge is 2.39. The molecule has 21 heavy (non-hydrogen) atoms. The number of piperazine rings is 1. The maximum atomic E-state index is 12.6. The first-order chi connectivity index (χ1) is 10.0. The van der Waals surface area contributed by atoms with Crippen LogP contribution in [0.3, 0.4) is 0 Å². The van der Waals surface area contributed by atoms with E-state index in [-0.39, 0.29) is 11.8 Å². The Morgan fingerprint density at radius 3 is 2.57 bits per heavy atom. The molecule has 0 saturated carbocycles. The van der Waals surface area contributed by atoms with Crippen LogP contribution in [0.2, 0.25) is 0 Å². The summed E-state index contributed by atoms with van der Waals surface area (Å²) in [7, 11) is 1.57. The first kappa shape index (κ1) is 15.8. The van der Waals surface area contributed by atoms with E-state index in [4.69, 9.17) is 4.74 Å². The van der Waals surface area contributed by atoms with Crippen molar-refractivity contribution in [2.45, 2.75) is 38.8 Å². The van der Waals surface area contributed by atoms with Gasteiger partial charge in [-0.25, -0.2) is 0 Å². The molecule has 1 aromatic rings. The zero-order valence-electron chi connectivity index (χ0n) is 12.4. The summed E-state index contributed by atoms with van der Waals surface area (Å²) >= 11 is 3.39. The third-order valence-corrected chi connectivity index (χ3v) is 4.33. The second-order valence-corrected chi connectivity index (χ2v) is 5.77. The molecule has 1 aliphatic rings. The lowest BCUT2D eigenvalue weighted by atomic mass is 10.0. The van der Waals surface area contributed by atoms with E-state index in [2.05, 4.69) is 21.2 Å². The van der Waals surface area contributed by atoms with Crippen molar-refractivity contribution < 1.29 is 14.3 Å². The van der Waals surface area contributed by atoms with Gasteiger partial charge in [0.1, 0.15) is 17.8 Å². The van der Waals surface area contributed by atoms with Crippen molar-refractivity contribution in [2.24, 2.45) is 0 Å². The van der Waals surface area contributed by atoms with Crippen LogP contribution >= 0.6 is 15.9 Å². The lowest BCUT2D eigenvalue weighted by Gasteiger charge is -2.38. The van der Waals surface area contributed by atoms with Gasteiger partial charge in [0.05, 0.1) is 11.6 Å². The number of carbonyl (C=O) groups is 2. The fourth-order valence-electron chi connectivity index (χ4n) is 2.52.